The van der Waals surface area contributed by atoms with Crippen LogP contribution in [0.5, 0.6) is 0 Å². The molecule has 1 rings (SSSR count). The van der Waals surface area contributed by atoms with Gasteiger partial charge in [-0.1, -0.05) is 11.6 Å². The van der Waals surface area contributed by atoms with Crippen LogP contribution >= 0.6 is 22.9 Å². The lowest BCUT2D eigenvalue weighted by molar-refractivity contribution is 0.0640. The average Bonchev–Trinajstić information content (AvgIpc) is 2.70. The van der Waals surface area contributed by atoms with Crippen LogP contribution < -0.4 is 5.32 Å². The highest BCUT2D eigenvalue weighted by Gasteiger charge is 2.00. The number of rotatable bonds is 9. The van der Waals surface area contributed by atoms with Gasteiger partial charge in [-0.3, -0.25) is 0 Å². The maximum atomic E-state index is 5.87. The third-order valence-electron chi connectivity index (χ3n) is 2.52. The smallest absolute Gasteiger partial charge is 0.0931 e. The molecule has 0 atom stereocenters. The lowest BCUT2D eigenvalue weighted by atomic mass is 10.4. The van der Waals surface area contributed by atoms with Crippen LogP contribution in [-0.2, 0) is 11.3 Å². The first-order valence-corrected chi connectivity index (χ1v) is 7.52. The molecule has 1 heterocycles. The molecule has 0 aliphatic heterocycles. The molecule has 0 bridgehead atoms. The standard InChI is InChI=1S/C13H23ClN2OS/c1-11(2)17-9-8-16(3)7-6-15-10-12-4-5-13(14)18-12/h4-5,11,15H,6-10H2,1-3H3. The zero-order valence-electron chi connectivity index (χ0n) is 11.4. The largest absolute Gasteiger partial charge is 0.377 e. The summed E-state index contributed by atoms with van der Waals surface area (Å²) < 4.78 is 6.37. The first kappa shape index (κ1) is 15.9. The van der Waals surface area contributed by atoms with E-state index in [-0.39, 0.29) is 0 Å². The minimum absolute atomic E-state index is 0.320. The fourth-order valence-electron chi connectivity index (χ4n) is 1.48. The van der Waals surface area contributed by atoms with Crippen LogP contribution in [0.15, 0.2) is 12.1 Å². The van der Waals surface area contributed by atoms with Gasteiger partial charge in [-0.05, 0) is 33.0 Å². The van der Waals surface area contributed by atoms with Gasteiger partial charge in [0.25, 0.3) is 0 Å². The molecule has 0 aliphatic rings. The summed E-state index contributed by atoms with van der Waals surface area (Å²) in [6.07, 6.45) is 0.320. The van der Waals surface area contributed by atoms with Gasteiger partial charge in [0.2, 0.25) is 0 Å². The van der Waals surface area contributed by atoms with E-state index in [1.807, 2.05) is 6.07 Å². The number of thiophene rings is 1. The lowest BCUT2D eigenvalue weighted by Gasteiger charge is -2.17. The molecular weight excluding hydrogens is 268 g/mol. The van der Waals surface area contributed by atoms with E-state index >= 15 is 0 Å². The molecule has 0 radical (unpaired) electrons. The number of nitrogens with zero attached hydrogens (tertiary/aromatic N) is 1. The van der Waals surface area contributed by atoms with Gasteiger partial charge in [-0.2, -0.15) is 0 Å². The third kappa shape index (κ3) is 7.34. The van der Waals surface area contributed by atoms with Crippen molar-refractivity contribution < 1.29 is 4.74 Å². The number of likely N-dealkylation sites (N-methyl/N-ethyl adjacent to an activating group) is 1. The minimum atomic E-state index is 0.320. The van der Waals surface area contributed by atoms with E-state index < -0.39 is 0 Å². The molecule has 18 heavy (non-hydrogen) atoms. The number of ether oxygens (including phenoxy) is 1. The first-order valence-electron chi connectivity index (χ1n) is 6.33. The van der Waals surface area contributed by atoms with Crippen LogP contribution in [0.1, 0.15) is 18.7 Å². The summed E-state index contributed by atoms with van der Waals surface area (Å²) in [5, 5.41) is 3.41. The summed E-state index contributed by atoms with van der Waals surface area (Å²) in [7, 11) is 2.12. The second kappa shape index (κ2) is 8.88. The van der Waals surface area contributed by atoms with Crippen molar-refractivity contribution in [1.29, 1.82) is 0 Å². The van der Waals surface area contributed by atoms with Gasteiger partial charge in [-0.25, -0.2) is 0 Å². The van der Waals surface area contributed by atoms with Crippen molar-refractivity contribution in [3.8, 4) is 0 Å². The second-order valence-corrected chi connectivity index (χ2v) is 6.41. The molecule has 0 aromatic carbocycles. The zero-order chi connectivity index (χ0) is 13.4. The lowest BCUT2D eigenvalue weighted by Crippen LogP contribution is -2.31. The quantitative estimate of drug-likeness (QED) is 0.708. The number of halogens is 1. The summed E-state index contributed by atoms with van der Waals surface area (Å²) >= 11 is 7.51. The highest BCUT2D eigenvalue weighted by Crippen LogP contribution is 2.20. The molecular formula is C13H23ClN2OS. The Balaban J connectivity index is 2.00. The number of nitrogens with one attached hydrogen (secondary N) is 1. The van der Waals surface area contributed by atoms with Crippen molar-refractivity contribution in [2.24, 2.45) is 0 Å². The predicted molar refractivity (Wildman–Crippen MR) is 79.6 cm³/mol. The minimum Gasteiger partial charge on any atom is -0.377 e. The molecule has 1 aromatic rings. The molecule has 1 N–H and O–H groups in total. The van der Waals surface area contributed by atoms with Crippen molar-refractivity contribution in [1.82, 2.24) is 10.2 Å². The number of hydrogen-bond donors (Lipinski definition) is 1. The monoisotopic (exact) mass is 290 g/mol. The molecule has 0 saturated carbocycles. The molecule has 0 aliphatic carbocycles. The van der Waals surface area contributed by atoms with Crippen LogP contribution in [0.2, 0.25) is 4.34 Å². The van der Waals surface area contributed by atoms with E-state index in [2.05, 4.69) is 37.2 Å². The van der Waals surface area contributed by atoms with Crippen molar-refractivity contribution in [2.75, 3.05) is 33.3 Å². The Morgan fingerprint density at radius 2 is 2.17 bits per heavy atom. The SMILES string of the molecule is CC(C)OCCN(C)CCNCc1ccc(Cl)s1. The zero-order valence-corrected chi connectivity index (χ0v) is 13.0. The average molecular weight is 291 g/mol. The molecule has 1 aromatic heterocycles. The van der Waals surface area contributed by atoms with Gasteiger partial charge in [-0.15, -0.1) is 11.3 Å². The van der Waals surface area contributed by atoms with Crippen LogP contribution in [0.3, 0.4) is 0 Å². The molecule has 0 spiro atoms. The topological polar surface area (TPSA) is 24.5 Å². The summed E-state index contributed by atoms with van der Waals surface area (Å²) in [6.45, 7) is 8.81. The Kier molecular flexibility index (Phi) is 7.86. The molecule has 5 heteroatoms. The van der Waals surface area contributed by atoms with Crippen molar-refractivity contribution >= 4 is 22.9 Å². The van der Waals surface area contributed by atoms with Crippen LogP contribution in [0.25, 0.3) is 0 Å². The fourth-order valence-corrected chi connectivity index (χ4v) is 2.54. The molecule has 104 valence electrons. The van der Waals surface area contributed by atoms with E-state index in [4.69, 9.17) is 16.3 Å². The van der Waals surface area contributed by atoms with Gasteiger partial charge in [0.15, 0.2) is 0 Å². The van der Waals surface area contributed by atoms with E-state index in [1.54, 1.807) is 11.3 Å². The summed E-state index contributed by atoms with van der Waals surface area (Å²) in [5.41, 5.74) is 0. The first-order chi connectivity index (χ1) is 8.58. The second-order valence-electron chi connectivity index (χ2n) is 4.61. The highest BCUT2D eigenvalue weighted by molar-refractivity contribution is 7.16. The van der Waals surface area contributed by atoms with E-state index in [1.165, 1.54) is 4.88 Å². The summed E-state index contributed by atoms with van der Waals surface area (Å²) in [5.74, 6) is 0. The maximum Gasteiger partial charge on any atom is 0.0931 e. The normalized spacial score (nSPS) is 11.7. The van der Waals surface area contributed by atoms with Gasteiger partial charge in [0, 0.05) is 31.1 Å². The molecule has 0 saturated heterocycles. The Morgan fingerprint density at radius 3 is 2.78 bits per heavy atom. The Hall–Kier alpha value is -0.130. The van der Waals surface area contributed by atoms with Gasteiger partial charge >= 0.3 is 0 Å². The third-order valence-corrected chi connectivity index (χ3v) is 3.75. The molecule has 0 fully saturated rings. The molecule has 0 unspecified atom stereocenters. The van der Waals surface area contributed by atoms with Gasteiger partial charge in [0.05, 0.1) is 17.0 Å². The van der Waals surface area contributed by atoms with Crippen LogP contribution in [0.4, 0.5) is 0 Å². The van der Waals surface area contributed by atoms with Crippen molar-refractivity contribution in [2.45, 2.75) is 26.5 Å². The predicted octanol–water partition coefficient (Wildman–Crippen LogP) is 2.85. The highest BCUT2D eigenvalue weighted by atomic mass is 35.5. The number of hydrogen-bond acceptors (Lipinski definition) is 4. The Morgan fingerprint density at radius 1 is 1.39 bits per heavy atom. The van der Waals surface area contributed by atoms with Gasteiger partial charge < -0.3 is 15.0 Å². The van der Waals surface area contributed by atoms with Crippen molar-refractivity contribution in [3.63, 3.8) is 0 Å². The van der Waals surface area contributed by atoms with Crippen LogP contribution in [-0.4, -0.2) is 44.3 Å². The summed E-state index contributed by atoms with van der Waals surface area (Å²) in [6, 6.07) is 4.01. The van der Waals surface area contributed by atoms with Gasteiger partial charge in [0.1, 0.15) is 0 Å². The van der Waals surface area contributed by atoms with E-state index in [0.29, 0.717) is 6.10 Å². The van der Waals surface area contributed by atoms with Crippen molar-refractivity contribution in [3.05, 3.63) is 21.3 Å². The van der Waals surface area contributed by atoms with Crippen LogP contribution in [0, 0.1) is 0 Å². The molecule has 0 amide bonds. The van der Waals surface area contributed by atoms with E-state index in [0.717, 1.165) is 37.1 Å². The Labute approximate surface area is 119 Å². The summed E-state index contributed by atoms with van der Waals surface area (Å²) in [4.78, 5) is 3.56. The fraction of sp³-hybridized carbons (Fsp3) is 0.692. The maximum absolute atomic E-state index is 5.87. The Bertz CT molecular complexity index is 331. The molecule has 3 nitrogen and oxygen atoms in total. The van der Waals surface area contributed by atoms with E-state index in [9.17, 15) is 0 Å².